The molecule has 0 fully saturated rings. The van der Waals surface area contributed by atoms with Crippen LogP contribution in [0.5, 0.6) is 0 Å². The molecule has 0 bridgehead atoms. The summed E-state index contributed by atoms with van der Waals surface area (Å²) >= 11 is 0. The number of hydrogen-bond donors (Lipinski definition) is 3. The van der Waals surface area contributed by atoms with Crippen molar-refractivity contribution in [3.63, 3.8) is 0 Å². The first kappa shape index (κ1) is 11.7. The fraction of sp³-hybridized carbons (Fsp3) is 0.556. The summed E-state index contributed by atoms with van der Waals surface area (Å²) in [5, 5.41) is 24.5. The van der Waals surface area contributed by atoms with E-state index in [-0.39, 0.29) is 5.69 Å². The fourth-order valence-electron chi connectivity index (χ4n) is 1.19. The van der Waals surface area contributed by atoms with Gasteiger partial charge in [-0.1, -0.05) is 0 Å². The van der Waals surface area contributed by atoms with E-state index in [1.807, 2.05) is 0 Å². The van der Waals surface area contributed by atoms with Crippen molar-refractivity contribution in [3.8, 4) is 0 Å². The van der Waals surface area contributed by atoms with E-state index in [1.54, 1.807) is 14.0 Å². The number of nitrogens with one attached hydrogen (secondary N) is 1. The summed E-state index contributed by atoms with van der Waals surface area (Å²) in [7, 11) is 1.69. The lowest BCUT2D eigenvalue weighted by Crippen LogP contribution is -2.24. The SMILES string of the molecule is C[C@@H](O)CNCc1cc(C(=O)O)nn1C. The Balaban J connectivity index is 2.57. The lowest BCUT2D eigenvalue weighted by Gasteiger charge is -2.06. The van der Waals surface area contributed by atoms with Gasteiger partial charge >= 0.3 is 5.97 Å². The number of carbonyl (C=O) groups is 1. The van der Waals surface area contributed by atoms with Gasteiger partial charge < -0.3 is 15.5 Å². The van der Waals surface area contributed by atoms with Crippen LogP contribution in [0, 0.1) is 0 Å². The quantitative estimate of drug-likeness (QED) is 0.619. The Morgan fingerprint density at radius 3 is 2.87 bits per heavy atom. The molecule has 0 amide bonds. The molecular formula is C9H15N3O3. The van der Waals surface area contributed by atoms with E-state index >= 15 is 0 Å². The van der Waals surface area contributed by atoms with E-state index in [4.69, 9.17) is 10.2 Å². The van der Waals surface area contributed by atoms with Gasteiger partial charge in [0.15, 0.2) is 5.69 Å². The molecule has 0 radical (unpaired) electrons. The van der Waals surface area contributed by atoms with Crippen molar-refractivity contribution < 1.29 is 15.0 Å². The maximum Gasteiger partial charge on any atom is 0.356 e. The van der Waals surface area contributed by atoms with Crippen molar-refractivity contribution in [2.45, 2.75) is 19.6 Å². The normalized spacial score (nSPS) is 12.7. The Bertz CT molecular complexity index is 346. The van der Waals surface area contributed by atoms with Gasteiger partial charge in [0.1, 0.15) is 0 Å². The van der Waals surface area contributed by atoms with E-state index in [0.29, 0.717) is 13.1 Å². The zero-order valence-electron chi connectivity index (χ0n) is 8.77. The summed E-state index contributed by atoms with van der Waals surface area (Å²) in [6.45, 7) is 2.63. The first-order valence-corrected chi connectivity index (χ1v) is 4.65. The maximum atomic E-state index is 10.6. The van der Waals surface area contributed by atoms with E-state index in [0.717, 1.165) is 5.69 Å². The van der Waals surface area contributed by atoms with Crippen LogP contribution >= 0.6 is 0 Å². The molecule has 1 aromatic heterocycles. The van der Waals surface area contributed by atoms with Gasteiger partial charge in [-0.25, -0.2) is 4.79 Å². The van der Waals surface area contributed by atoms with Crippen LogP contribution in [0.4, 0.5) is 0 Å². The molecule has 1 rings (SSSR count). The Morgan fingerprint density at radius 2 is 2.40 bits per heavy atom. The summed E-state index contributed by atoms with van der Waals surface area (Å²) in [4.78, 5) is 10.6. The monoisotopic (exact) mass is 213 g/mol. The molecule has 6 nitrogen and oxygen atoms in total. The summed E-state index contributed by atoms with van der Waals surface area (Å²) in [5.74, 6) is -1.03. The third-order valence-electron chi connectivity index (χ3n) is 1.94. The van der Waals surface area contributed by atoms with Gasteiger partial charge in [-0.15, -0.1) is 0 Å². The molecule has 0 saturated heterocycles. The Labute approximate surface area is 87.5 Å². The molecule has 0 unspecified atom stereocenters. The van der Waals surface area contributed by atoms with Crippen LogP contribution in [0.25, 0.3) is 0 Å². The fourth-order valence-corrected chi connectivity index (χ4v) is 1.19. The minimum absolute atomic E-state index is 0.0337. The molecule has 1 heterocycles. The molecule has 84 valence electrons. The van der Waals surface area contributed by atoms with E-state index < -0.39 is 12.1 Å². The second kappa shape index (κ2) is 4.90. The summed E-state index contributed by atoms with van der Waals surface area (Å²) in [5.41, 5.74) is 0.805. The lowest BCUT2D eigenvalue weighted by molar-refractivity contribution is 0.0689. The average Bonchev–Trinajstić information content (AvgIpc) is 2.47. The Kier molecular flexibility index (Phi) is 3.81. The molecular weight excluding hydrogens is 198 g/mol. The number of hydrogen-bond acceptors (Lipinski definition) is 4. The molecule has 0 saturated carbocycles. The number of aromatic nitrogens is 2. The highest BCUT2D eigenvalue weighted by Gasteiger charge is 2.10. The number of aliphatic hydroxyl groups excluding tert-OH is 1. The van der Waals surface area contributed by atoms with Crippen molar-refractivity contribution in [2.75, 3.05) is 6.54 Å². The largest absolute Gasteiger partial charge is 0.476 e. The van der Waals surface area contributed by atoms with E-state index in [9.17, 15) is 4.79 Å². The zero-order valence-corrected chi connectivity index (χ0v) is 8.77. The lowest BCUT2D eigenvalue weighted by atomic mass is 10.3. The van der Waals surface area contributed by atoms with Crippen LogP contribution in [0.3, 0.4) is 0 Å². The number of aliphatic hydroxyl groups is 1. The van der Waals surface area contributed by atoms with Crippen molar-refractivity contribution in [1.29, 1.82) is 0 Å². The number of carboxylic acids is 1. The summed E-state index contributed by atoms with van der Waals surface area (Å²) in [6.07, 6.45) is -0.419. The second-order valence-electron chi connectivity index (χ2n) is 3.43. The molecule has 0 aromatic carbocycles. The maximum absolute atomic E-state index is 10.6. The third kappa shape index (κ3) is 3.34. The highest BCUT2D eigenvalue weighted by atomic mass is 16.4. The van der Waals surface area contributed by atoms with Crippen LogP contribution in [0.15, 0.2) is 6.07 Å². The molecule has 0 aliphatic carbocycles. The van der Waals surface area contributed by atoms with Crippen LogP contribution in [0.1, 0.15) is 23.1 Å². The van der Waals surface area contributed by atoms with Gasteiger partial charge in [-0.05, 0) is 13.0 Å². The molecule has 6 heteroatoms. The highest BCUT2D eigenvalue weighted by Crippen LogP contribution is 2.02. The second-order valence-corrected chi connectivity index (χ2v) is 3.43. The van der Waals surface area contributed by atoms with Gasteiger partial charge in [-0.2, -0.15) is 5.10 Å². The highest BCUT2D eigenvalue weighted by molar-refractivity contribution is 5.85. The van der Waals surface area contributed by atoms with E-state index in [1.165, 1.54) is 10.7 Å². The smallest absolute Gasteiger partial charge is 0.356 e. The van der Waals surface area contributed by atoms with Crippen molar-refractivity contribution in [3.05, 3.63) is 17.5 Å². The molecule has 0 aliphatic rings. The van der Waals surface area contributed by atoms with E-state index in [2.05, 4.69) is 10.4 Å². The van der Waals surface area contributed by atoms with Crippen molar-refractivity contribution >= 4 is 5.97 Å². The predicted molar refractivity (Wildman–Crippen MR) is 53.6 cm³/mol. The predicted octanol–water partition coefficient (Wildman–Crippen LogP) is -0.411. The van der Waals surface area contributed by atoms with Crippen LogP contribution < -0.4 is 5.32 Å². The van der Waals surface area contributed by atoms with Gasteiger partial charge in [0.2, 0.25) is 0 Å². The number of nitrogens with zero attached hydrogens (tertiary/aromatic N) is 2. The zero-order chi connectivity index (χ0) is 11.4. The van der Waals surface area contributed by atoms with Gasteiger partial charge in [0.05, 0.1) is 11.8 Å². The number of rotatable bonds is 5. The van der Waals surface area contributed by atoms with Crippen LogP contribution in [-0.4, -0.2) is 38.6 Å². The topological polar surface area (TPSA) is 87.4 Å². The van der Waals surface area contributed by atoms with Crippen LogP contribution in [0.2, 0.25) is 0 Å². The van der Waals surface area contributed by atoms with Crippen molar-refractivity contribution in [2.24, 2.45) is 7.05 Å². The standard InChI is InChI=1S/C9H15N3O3/c1-6(13)4-10-5-7-3-8(9(14)15)11-12(7)2/h3,6,10,13H,4-5H2,1-2H3,(H,14,15)/t6-/m1/s1. The summed E-state index contributed by atoms with van der Waals surface area (Å²) < 4.78 is 1.51. The molecule has 15 heavy (non-hydrogen) atoms. The van der Waals surface area contributed by atoms with Crippen LogP contribution in [-0.2, 0) is 13.6 Å². The van der Waals surface area contributed by atoms with Gasteiger partial charge in [-0.3, -0.25) is 4.68 Å². The van der Waals surface area contributed by atoms with Gasteiger partial charge in [0, 0.05) is 20.1 Å². The molecule has 3 N–H and O–H groups in total. The minimum Gasteiger partial charge on any atom is -0.476 e. The van der Waals surface area contributed by atoms with Gasteiger partial charge in [0.25, 0.3) is 0 Å². The average molecular weight is 213 g/mol. The Hall–Kier alpha value is -1.40. The first-order chi connectivity index (χ1) is 7.00. The Morgan fingerprint density at radius 1 is 1.73 bits per heavy atom. The first-order valence-electron chi connectivity index (χ1n) is 4.65. The number of aryl methyl sites for hydroxylation is 1. The number of aromatic carboxylic acids is 1. The molecule has 0 aliphatic heterocycles. The van der Waals surface area contributed by atoms with Crippen molar-refractivity contribution in [1.82, 2.24) is 15.1 Å². The molecule has 1 atom stereocenters. The number of carboxylic acid groups (broad SMARTS) is 1. The summed E-state index contributed by atoms with van der Waals surface area (Å²) in [6, 6.07) is 1.51. The minimum atomic E-state index is -1.03. The third-order valence-corrected chi connectivity index (χ3v) is 1.94. The molecule has 0 spiro atoms. The molecule has 1 aromatic rings.